The number of hydrogen-bond donors (Lipinski definition) is 2. The van der Waals surface area contributed by atoms with Crippen LogP contribution in [0.4, 0.5) is 0 Å². The first-order valence-corrected chi connectivity index (χ1v) is 11.3. The molecule has 0 aliphatic carbocycles. The molecule has 0 unspecified atom stereocenters. The zero-order valence-electron chi connectivity index (χ0n) is 13.7. The predicted molar refractivity (Wildman–Crippen MR) is 87.2 cm³/mol. The summed E-state index contributed by atoms with van der Waals surface area (Å²) in [7, 11) is -7.64. The molecule has 0 bridgehead atoms. The quantitative estimate of drug-likeness (QED) is 0.580. The maximum Gasteiger partial charge on any atom is 0.320 e. The van der Waals surface area contributed by atoms with Crippen LogP contribution in [0.15, 0.2) is 0 Å². The molecule has 0 aromatic carbocycles. The highest BCUT2D eigenvalue weighted by Gasteiger charge is 2.33. The largest absolute Gasteiger partial charge is 0.480 e. The predicted octanol–water partition coefficient (Wildman–Crippen LogP) is -0.128. The van der Waals surface area contributed by atoms with Gasteiger partial charge in [-0.15, -0.1) is 0 Å². The van der Waals surface area contributed by atoms with Gasteiger partial charge in [0, 0.05) is 18.8 Å². The Morgan fingerprint density at radius 1 is 1.30 bits per heavy atom. The van der Waals surface area contributed by atoms with Crippen molar-refractivity contribution in [1.82, 2.24) is 9.62 Å². The number of carboxylic acids is 1. The number of aliphatic carboxylic acids is 1. The van der Waals surface area contributed by atoms with Crippen LogP contribution in [-0.4, -0.2) is 69.3 Å². The number of hydrogen-bond acceptors (Lipinski definition) is 6. The van der Waals surface area contributed by atoms with Crippen molar-refractivity contribution in [1.29, 1.82) is 0 Å². The fourth-order valence-electron chi connectivity index (χ4n) is 2.91. The minimum absolute atomic E-state index is 0.187. The van der Waals surface area contributed by atoms with Crippen LogP contribution in [0.1, 0.15) is 33.1 Å². The third-order valence-corrected chi connectivity index (χ3v) is 7.22. The molecule has 2 N–H and O–H groups in total. The highest BCUT2D eigenvalue weighted by molar-refractivity contribution is 8.06. The molecular formula is C13H26N2O6S2. The number of likely N-dealkylation sites (tertiary alicyclic amines) is 1. The van der Waals surface area contributed by atoms with Crippen LogP contribution in [0.2, 0.25) is 0 Å². The van der Waals surface area contributed by atoms with Crippen molar-refractivity contribution in [3.8, 4) is 0 Å². The first-order valence-electron chi connectivity index (χ1n) is 7.54. The number of nitrogens with one attached hydrogen (secondary N) is 1. The van der Waals surface area contributed by atoms with Gasteiger partial charge in [-0.2, -0.15) is 0 Å². The fourth-order valence-corrected chi connectivity index (χ4v) is 6.11. The van der Waals surface area contributed by atoms with E-state index in [1.54, 1.807) is 4.90 Å². The molecule has 0 aromatic heterocycles. The van der Waals surface area contributed by atoms with E-state index in [2.05, 4.69) is 4.72 Å². The third-order valence-electron chi connectivity index (χ3n) is 3.57. The SMILES string of the molecule is CC(C)C[C@H](CN1CCC[C@H]1C(=O)O)NS(=O)(=O)CS(C)(=O)=O. The summed E-state index contributed by atoms with van der Waals surface area (Å²) in [4.78, 5) is 13.0. The number of carboxylic acid groups (broad SMARTS) is 1. The lowest BCUT2D eigenvalue weighted by atomic mass is 10.0. The summed E-state index contributed by atoms with van der Waals surface area (Å²) in [6, 6.07) is -1.12. The maximum atomic E-state index is 12.0. The first kappa shape index (κ1) is 20.3. The van der Waals surface area contributed by atoms with Crippen molar-refractivity contribution in [2.24, 2.45) is 5.92 Å². The Balaban J connectivity index is 2.82. The molecule has 1 aliphatic rings. The van der Waals surface area contributed by atoms with Crippen LogP contribution in [0.3, 0.4) is 0 Å². The van der Waals surface area contributed by atoms with Crippen LogP contribution < -0.4 is 4.72 Å². The van der Waals surface area contributed by atoms with Gasteiger partial charge >= 0.3 is 5.97 Å². The monoisotopic (exact) mass is 370 g/mol. The Morgan fingerprint density at radius 2 is 1.91 bits per heavy atom. The van der Waals surface area contributed by atoms with E-state index in [1.165, 1.54) is 0 Å². The van der Waals surface area contributed by atoms with Gasteiger partial charge in [-0.25, -0.2) is 21.6 Å². The van der Waals surface area contributed by atoms with Crippen LogP contribution in [-0.2, 0) is 24.7 Å². The molecule has 1 fully saturated rings. The molecule has 1 rings (SSSR count). The van der Waals surface area contributed by atoms with E-state index in [0.717, 1.165) is 12.7 Å². The standard InChI is InChI=1S/C13H26N2O6S2/c1-10(2)7-11(14-23(20,21)9-22(3,18)19)8-15-6-4-5-12(15)13(16)17/h10-12,14H,4-9H2,1-3H3,(H,16,17)/t11-,12+/m1/s1. The maximum absolute atomic E-state index is 12.0. The number of rotatable bonds is 9. The second-order valence-corrected chi connectivity index (χ2v) is 10.9. The highest BCUT2D eigenvalue weighted by Crippen LogP contribution is 2.19. The molecule has 0 radical (unpaired) electrons. The number of carbonyl (C=O) groups is 1. The van der Waals surface area contributed by atoms with Crippen molar-refractivity contribution in [3.63, 3.8) is 0 Å². The van der Waals surface area contributed by atoms with E-state index in [9.17, 15) is 26.7 Å². The smallest absolute Gasteiger partial charge is 0.320 e. The zero-order valence-corrected chi connectivity index (χ0v) is 15.4. The molecule has 1 heterocycles. The molecular weight excluding hydrogens is 344 g/mol. The van der Waals surface area contributed by atoms with E-state index in [0.29, 0.717) is 19.4 Å². The summed E-state index contributed by atoms with van der Waals surface area (Å²) in [5.74, 6) is -0.725. The summed E-state index contributed by atoms with van der Waals surface area (Å²) in [5, 5.41) is 8.24. The van der Waals surface area contributed by atoms with E-state index in [1.807, 2.05) is 13.8 Å². The number of sulfonamides is 1. The molecule has 10 heteroatoms. The van der Waals surface area contributed by atoms with Gasteiger partial charge in [-0.3, -0.25) is 9.69 Å². The van der Waals surface area contributed by atoms with Crippen LogP contribution in [0.25, 0.3) is 0 Å². The van der Waals surface area contributed by atoms with Gasteiger partial charge in [0.25, 0.3) is 0 Å². The Hall–Kier alpha value is -0.710. The fraction of sp³-hybridized carbons (Fsp3) is 0.923. The molecule has 0 spiro atoms. The zero-order chi connectivity index (χ0) is 17.8. The van der Waals surface area contributed by atoms with Gasteiger partial charge in [0.1, 0.15) is 6.04 Å². The molecule has 1 aliphatic heterocycles. The summed E-state index contributed by atoms with van der Waals surface area (Å²) in [5.41, 5.74) is 0. The summed E-state index contributed by atoms with van der Waals surface area (Å²) >= 11 is 0. The van der Waals surface area contributed by atoms with E-state index in [4.69, 9.17) is 0 Å². The normalized spacial score (nSPS) is 21.7. The Morgan fingerprint density at radius 3 is 2.39 bits per heavy atom. The molecule has 23 heavy (non-hydrogen) atoms. The molecule has 0 amide bonds. The topological polar surface area (TPSA) is 121 Å². The second-order valence-electron chi connectivity index (χ2n) is 6.59. The van der Waals surface area contributed by atoms with Gasteiger partial charge in [0.05, 0.1) is 0 Å². The first-order chi connectivity index (χ1) is 10.4. The molecule has 8 nitrogen and oxygen atoms in total. The van der Waals surface area contributed by atoms with Gasteiger partial charge in [0.2, 0.25) is 10.0 Å². The lowest BCUT2D eigenvalue weighted by Crippen LogP contribution is -2.48. The molecule has 0 saturated carbocycles. The van der Waals surface area contributed by atoms with Crippen molar-refractivity contribution in [2.45, 2.75) is 45.2 Å². The molecule has 1 saturated heterocycles. The Bertz CT molecular complexity index is 614. The van der Waals surface area contributed by atoms with Crippen molar-refractivity contribution in [3.05, 3.63) is 0 Å². The van der Waals surface area contributed by atoms with Crippen molar-refractivity contribution < 1.29 is 26.7 Å². The minimum Gasteiger partial charge on any atom is -0.480 e. The average Bonchev–Trinajstić information content (AvgIpc) is 2.71. The summed E-state index contributed by atoms with van der Waals surface area (Å²) in [6.07, 6.45) is 2.66. The van der Waals surface area contributed by atoms with Gasteiger partial charge in [-0.05, 0) is 31.7 Å². The van der Waals surface area contributed by atoms with Crippen molar-refractivity contribution >= 4 is 25.8 Å². The number of nitrogens with zero attached hydrogens (tertiary/aromatic N) is 1. The summed E-state index contributed by atoms with van der Waals surface area (Å²) < 4.78 is 48.9. The number of sulfone groups is 1. The van der Waals surface area contributed by atoms with Gasteiger partial charge in [-0.1, -0.05) is 13.8 Å². The average molecular weight is 370 g/mol. The summed E-state index contributed by atoms with van der Waals surface area (Å²) in [6.45, 7) is 4.71. The lowest BCUT2D eigenvalue weighted by Gasteiger charge is -2.28. The molecule has 136 valence electrons. The van der Waals surface area contributed by atoms with E-state index < -0.39 is 43.0 Å². The van der Waals surface area contributed by atoms with Crippen LogP contribution in [0, 0.1) is 5.92 Å². The highest BCUT2D eigenvalue weighted by atomic mass is 32.3. The van der Waals surface area contributed by atoms with Gasteiger partial charge in [0.15, 0.2) is 14.9 Å². The lowest BCUT2D eigenvalue weighted by molar-refractivity contribution is -0.142. The van der Waals surface area contributed by atoms with Crippen LogP contribution in [0.5, 0.6) is 0 Å². The van der Waals surface area contributed by atoms with Crippen molar-refractivity contribution in [2.75, 3.05) is 24.4 Å². The van der Waals surface area contributed by atoms with E-state index >= 15 is 0 Å². The second kappa shape index (κ2) is 7.91. The Labute approximate surface area is 138 Å². The minimum atomic E-state index is -3.98. The van der Waals surface area contributed by atoms with Crippen LogP contribution >= 0.6 is 0 Å². The van der Waals surface area contributed by atoms with Gasteiger partial charge < -0.3 is 5.11 Å². The Kier molecular flexibility index (Phi) is 6.99. The molecule has 0 aromatic rings. The van der Waals surface area contributed by atoms with E-state index in [-0.39, 0.29) is 12.5 Å². The molecule has 2 atom stereocenters. The third kappa shape index (κ3) is 7.60.